The Morgan fingerprint density at radius 2 is 1.49 bits per heavy atom. The van der Waals surface area contributed by atoms with E-state index in [-0.39, 0.29) is 20.1 Å². The van der Waals surface area contributed by atoms with Crippen molar-refractivity contribution in [1.82, 2.24) is 15.0 Å². The van der Waals surface area contributed by atoms with E-state index in [1.54, 1.807) is 17.4 Å². The minimum Gasteiger partial charge on any atom is -0.305 e. The molecular formula is C51H51GeIrN3OSSi-2. The van der Waals surface area contributed by atoms with Crippen molar-refractivity contribution in [3.05, 3.63) is 151 Å². The summed E-state index contributed by atoms with van der Waals surface area (Å²) in [7, 11) is -1.42. The van der Waals surface area contributed by atoms with Crippen molar-refractivity contribution in [3.63, 3.8) is 0 Å². The van der Waals surface area contributed by atoms with Crippen LogP contribution in [0.15, 0.2) is 126 Å². The third-order valence-electron chi connectivity index (χ3n) is 11.9. The SMILES string of the molecule is [2H]C(C)(c1ccccc1)c1ccc2c(n1)oc1c(-c3cc[c]([Ge]([CH2]C)([CH2]C)[CH2]C)cn3)[c-]ccc12.[2H]C([2H])([2H])c1c[c-]c(-c2ccc([Si](C)(C)C)cn2)c2sc3ccccc3c12.[Ir]. The van der Waals surface area contributed by atoms with Crippen molar-refractivity contribution < 1.29 is 30.0 Å². The summed E-state index contributed by atoms with van der Waals surface area (Å²) in [5.74, 6) is -0.976. The summed E-state index contributed by atoms with van der Waals surface area (Å²) < 4.78 is 42.7. The Kier molecular flexibility index (Phi) is 11.4. The summed E-state index contributed by atoms with van der Waals surface area (Å²) in [5.41, 5.74) is 6.64. The van der Waals surface area contributed by atoms with Crippen LogP contribution in [0.3, 0.4) is 0 Å². The zero-order chi connectivity index (χ0) is 44.0. The van der Waals surface area contributed by atoms with Crippen LogP contribution < -0.4 is 9.58 Å². The van der Waals surface area contributed by atoms with Gasteiger partial charge >= 0.3 is 176 Å². The number of thiophene rings is 1. The summed E-state index contributed by atoms with van der Waals surface area (Å²) in [6.45, 7) is 13.6. The van der Waals surface area contributed by atoms with Crippen LogP contribution in [-0.4, -0.2) is 36.3 Å². The maximum atomic E-state index is 9.00. The summed E-state index contributed by atoms with van der Waals surface area (Å²) in [5, 5.41) is 8.88. The number of nitrogens with zero attached hydrogens (tertiary/aromatic N) is 3. The molecule has 1 unspecified atom stereocenters. The Labute approximate surface area is 375 Å². The normalized spacial score (nSPS) is 14.2. The second-order valence-corrected chi connectivity index (χ2v) is 33.2. The molecule has 0 saturated carbocycles. The molecule has 301 valence electrons. The minimum atomic E-state index is -2.17. The molecule has 0 bridgehead atoms. The molecular weight excluding hydrogens is 996 g/mol. The molecule has 4 aromatic carbocycles. The molecule has 9 aromatic rings. The monoisotopic (exact) mass is 1050 g/mol. The zero-order valence-electron chi connectivity index (χ0n) is 38.7. The van der Waals surface area contributed by atoms with Crippen molar-refractivity contribution in [3.8, 4) is 22.5 Å². The summed E-state index contributed by atoms with van der Waals surface area (Å²) in [4.78, 5) is 14.4. The van der Waals surface area contributed by atoms with E-state index >= 15 is 0 Å². The molecule has 0 amide bonds. The molecule has 0 aliphatic carbocycles. The van der Waals surface area contributed by atoms with Gasteiger partial charge in [-0.2, -0.15) is 11.3 Å². The first kappa shape index (κ1) is 37.7. The zero-order valence-corrected chi connectivity index (χ0v) is 41.0. The van der Waals surface area contributed by atoms with E-state index in [4.69, 9.17) is 24.9 Å². The smallest absolute Gasteiger partial charge is 0.0795 e. The average molecular weight is 1050 g/mol. The molecule has 0 saturated heterocycles. The fourth-order valence-electron chi connectivity index (χ4n) is 8.02. The van der Waals surface area contributed by atoms with Gasteiger partial charge in [0.2, 0.25) is 0 Å². The Morgan fingerprint density at radius 3 is 2.17 bits per heavy atom. The third-order valence-corrected chi connectivity index (χ3v) is 26.8. The molecule has 1 atom stereocenters. The van der Waals surface area contributed by atoms with E-state index < -0.39 is 34.1 Å². The van der Waals surface area contributed by atoms with Crippen LogP contribution in [0.2, 0.25) is 35.4 Å². The standard InChI is InChI=1S/C30H31GeN2O.C21H20NSSi.Ir/c1-5-31(6-2,7-3)23-16-18-28(32-20-23)26-15-11-14-24-25-17-19-27(33-30(25)34-29(24)26)21(4)22-12-9-8-10-13-22;1-14-9-11-16(18-12-10-15(13-22-18)24(2,3)4)21-20(14)17-7-5-6-8-19(17)23-21;/h8-14,16-21H,5-7H2,1-4H3;5-10,12-13H,1-4H3;/q2*-1;/i21D;1D3;. The van der Waals surface area contributed by atoms with Crippen LogP contribution in [0.4, 0.5) is 0 Å². The second-order valence-electron chi connectivity index (χ2n) is 16.1. The quantitative estimate of drug-likeness (QED) is 0.107. The van der Waals surface area contributed by atoms with Crippen molar-refractivity contribution in [1.29, 1.82) is 0 Å². The first-order chi connectivity index (χ1) is 29.6. The first-order valence-electron chi connectivity index (χ1n) is 22.2. The van der Waals surface area contributed by atoms with E-state index in [9.17, 15) is 0 Å². The first-order valence-corrected chi connectivity index (χ1v) is 30.0. The summed E-state index contributed by atoms with van der Waals surface area (Å²) >= 11 is -0.438. The van der Waals surface area contributed by atoms with Crippen molar-refractivity contribution in [2.24, 2.45) is 0 Å². The van der Waals surface area contributed by atoms with Crippen molar-refractivity contribution in [2.45, 2.75) is 75.8 Å². The molecule has 8 heteroatoms. The van der Waals surface area contributed by atoms with Gasteiger partial charge in [-0.3, -0.25) is 0 Å². The van der Waals surface area contributed by atoms with Gasteiger partial charge in [0, 0.05) is 35.1 Å². The molecule has 0 aliphatic heterocycles. The molecule has 5 aromatic heterocycles. The van der Waals surface area contributed by atoms with Gasteiger partial charge in [0.1, 0.15) is 0 Å². The number of aryl methyl sites for hydroxylation is 1. The molecule has 0 aliphatic rings. The van der Waals surface area contributed by atoms with Gasteiger partial charge in [0.05, 0.1) is 8.07 Å². The molecule has 5 heterocycles. The van der Waals surface area contributed by atoms with Gasteiger partial charge in [-0.1, -0.05) is 92.5 Å². The van der Waals surface area contributed by atoms with Gasteiger partial charge in [-0.05, 0) is 27.0 Å². The van der Waals surface area contributed by atoms with E-state index in [0.717, 1.165) is 64.6 Å². The summed E-state index contributed by atoms with van der Waals surface area (Å²) in [6, 6.07) is 42.5. The van der Waals surface area contributed by atoms with Crippen molar-refractivity contribution >= 4 is 84.5 Å². The maximum Gasteiger partial charge on any atom is 0.0795 e. The number of pyridine rings is 3. The van der Waals surface area contributed by atoms with E-state index in [0.29, 0.717) is 17.0 Å². The predicted octanol–water partition coefficient (Wildman–Crippen LogP) is 13.5. The fraction of sp³-hybridized carbons (Fsp3) is 0.235. The van der Waals surface area contributed by atoms with Crippen LogP contribution in [0.25, 0.3) is 64.8 Å². The van der Waals surface area contributed by atoms with Gasteiger partial charge in [-0.25, -0.2) is 0 Å². The Bertz CT molecular complexity index is 3030. The maximum absolute atomic E-state index is 9.00. The molecule has 0 spiro atoms. The second kappa shape index (κ2) is 17.8. The molecule has 0 N–H and O–H groups in total. The largest absolute Gasteiger partial charge is 0.305 e. The number of benzene rings is 4. The number of fused-ring (bicyclic) bond motifs is 6. The average Bonchev–Trinajstić information content (AvgIpc) is 3.86. The number of aromatic nitrogens is 3. The van der Waals surface area contributed by atoms with Crippen LogP contribution in [0.5, 0.6) is 0 Å². The summed E-state index contributed by atoms with van der Waals surface area (Å²) in [6.07, 6.45) is 4.06. The Hall–Kier alpha value is -4.24. The van der Waals surface area contributed by atoms with Crippen LogP contribution in [0, 0.1) is 19.0 Å². The van der Waals surface area contributed by atoms with Gasteiger partial charge in [0.15, 0.2) is 0 Å². The van der Waals surface area contributed by atoms with E-state index in [1.807, 2.05) is 98.0 Å². The van der Waals surface area contributed by atoms with Crippen LogP contribution in [0.1, 0.15) is 55.9 Å². The number of furan rings is 1. The number of hydrogen-bond donors (Lipinski definition) is 0. The number of hydrogen-bond acceptors (Lipinski definition) is 5. The molecule has 4 nitrogen and oxygen atoms in total. The topological polar surface area (TPSA) is 51.8 Å². The van der Waals surface area contributed by atoms with Crippen molar-refractivity contribution in [2.75, 3.05) is 0 Å². The van der Waals surface area contributed by atoms with E-state index in [1.165, 1.54) is 25.3 Å². The molecule has 59 heavy (non-hydrogen) atoms. The van der Waals surface area contributed by atoms with E-state index in [2.05, 4.69) is 76.9 Å². The Balaban J connectivity index is 0.000000192. The third kappa shape index (κ3) is 8.30. The van der Waals surface area contributed by atoms with Gasteiger partial charge in [0.25, 0.3) is 0 Å². The minimum absolute atomic E-state index is 0. The Morgan fingerprint density at radius 1 is 0.780 bits per heavy atom. The molecule has 9 rings (SSSR count). The fourth-order valence-corrected chi connectivity index (χ4v) is 17.6. The van der Waals surface area contributed by atoms with Gasteiger partial charge < -0.3 is 4.98 Å². The molecule has 0 fully saturated rings. The predicted molar refractivity (Wildman–Crippen MR) is 253 cm³/mol. The van der Waals surface area contributed by atoms with Gasteiger partial charge in [-0.15, -0.1) is 23.3 Å². The van der Waals surface area contributed by atoms with Crippen LogP contribution >= 0.6 is 11.3 Å². The van der Waals surface area contributed by atoms with Crippen LogP contribution in [-0.2, 0) is 20.1 Å². The molecule has 1 radical (unpaired) electrons. The number of rotatable bonds is 9.